The second-order valence-corrected chi connectivity index (χ2v) is 7.65. The van der Waals surface area contributed by atoms with Gasteiger partial charge in [-0.2, -0.15) is 0 Å². The molecule has 1 unspecified atom stereocenters. The predicted octanol–water partition coefficient (Wildman–Crippen LogP) is 1.36. The molecule has 0 spiro atoms. The molecule has 1 saturated heterocycles. The highest BCUT2D eigenvalue weighted by molar-refractivity contribution is 7.91. The van der Waals surface area contributed by atoms with Gasteiger partial charge >= 0.3 is 0 Å². The zero-order chi connectivity index (χ0) is 14.8. The number of rotatable bonds is 4. The number of carbonyl (C=O) groups is 1. The zero-order valence-corrected chi connectivity index (χ0v) is 12.7. The minimum atomic E-state index is -2.92. The lowest BCUT2D eigenvalue weighted by Crippen LogP contribution is -2.36. The van der Waals surface area contributed by atoms with Crippen LogP contribution in [0.25, 0.3) is 0 Å². The molecule has 2 N–H and O–H groups in total. The van der Waals surface area contributed by atoms with E-state index in [0.717, 1.165) is 5.56 Å². The third kappa shape index (κ3) is 4.19. The zero-order valence-electron chi connectivity index (χ0n) is 11.1. The van der Waals surface area contributed by atoms with Crippen LogP contribution in [0.3, 0.4) is 0 Å². The number of benzene rings is 1. The number of nitrogens with one attached hydrogen (secondary N) is 2. The summed E-state index contributed by atoms with van der Waals surface area (Å²) in [7, 11) is -2.92. The van der Waals surface area contributed by atoms with Gasteiger partial charge in [0.2, 0.25) is 5.91 Å². The summed E-state index contributed by atoms with van der Waals surface area (Å²) in [6.07, 6.45) is 0.565. The Labute approximate surface area is 123 Å². The molecule has 1 atom stereocenters. The fourth-order valence-electron chi connectivity index (χ4n) is 2.15. The molecule has 0 saturated carbocycles. The van der Waals surface area contributed by atoms with Crippen molar-refractivity contribution in [2.45, 2.75) is 19.4 Å². The normalized spacial score (nSPS) is 20.8. The number of sulfone groups is 1. The number of halogens is 1. The molecule has 1 aromatic carbocycles. The van der Waals surface area contributed by atoms with Gasteiger partial charge in [0.1, 0.15) is 0 Å². The summed E-state index contributed by atoms with van der Waals surface area (Å²) in [6, 6.07) is 5.10. The van der Waals surface area contributed by atoms with E-state index in [9.17, 15) is 13.2 Å². The summed E-state index contributed by atoms with van der Waals surface area (Å²) in [5.74, 6) is 0.114. The maximum atomic E-state index is 11.8. The smallest absolute Gasteiger partial charge is 0.238 e. The monoisotopic (exact) mass is 316 g/mol. The van der Waals surface area contributed by atoms with Gasteiger partial charge in [-0.3, -0.25) is 4.79 Å². The third-order valence-corrected chi connectivity index (χ3v) is 5.25. The van der Waals surface area contributed by atoms with Crippen LogP contribution in [0.1, 0.15) is 12.0 Å². The molecule has 110 valence electrons. The van der Waals surface area contributed by atoms with Crippen LogP contribution in [0.2, 0.25) is 5.02 Å². The third-order valence-electron chi connectivity index (χ3n) is 3.25. The highest BCUT2D eigenvalue weighted by atomic mass is 35.5. The van der Waals surface area contributed by atoms with Crippen LogP contribution >= 0.6 is 11.6 Å². The minimum absolute atomic E-state index is 0.0995. The molecule has 1 fully saturated rings. The Morgan fingerprint density at radius 3 is 2.80 bits per heavy atom. The van der Waals surface area contributed by atoms with Gasteiger partial charge in [-0.25, -0.2) is 8.42 Å². The molecule has 1 aliphatic heterocycles. The van der Waals surface area contributed by atoms with Crippen molar-refractivity contribution in [1.82, 2.24) is 5.32 Å². The topological polar surface area (TPSA) is 75.3 Å². The molecule has 1 amide bonds. The number of anilines is 1. The van der Waals surface area contributed by atoms with Gasteiger partial charge in [-0.05, 0) is 37.1 Å². The lowest BCUT2D eigenvalue weighted by molar-refractivity contribution is -0.115. The second kappa shape index (κ2) is 6.11. The molecule has 1 aromatic rings. The number of amides is 1. The van der Waals surface area contributed by atoms with Crippen molar-refractivity contribution in [3.05, 3.63) is 28.8 Å². The highest BCUT2D eigenvalue weighted by Crippen LogP contribution is 2.19. The van der Waals surface area contributed by atoms with Crippen molar-refractivity contribution < 1.29 is 13.2 Å². The number of aryl methyl sites for hydroxylation is 1. The maximum absolute atomic E-state index is 11.8. The highest BCUT2D eigenvalue weighted by Gasteiger charge is 2.27. The lowest BCUT2D eigenvalue weighted by atomic mass is 10.2. The first kappa shape index (κ1) is 15.3. The molecular formula is C13H17ClN2O3S. The standard InChI is InChI=1S/C13H17ClN2O3S/c1-9-6-10(14)2-3-12(9)16-13(17)7-15-11-4-5-20(18,19)8-11/h2-3,6,11,15H,4-5,7-8H2,1H3,(H,16,17). The SMILES string of the molecule is Cc1cc(Cl)ccc1NC(=O)CNC1CCS(=O)(=O)C1. The average Bonchev–Trinajstić information content (AvgIpc) is 2.70. The molecule has 2 rings (SSSR count). The number of carbonyl (C=O) groups excluding carboxylic acids is 1. The molecule has 0 aromatic heterocycles. The first-order valence-corrected chi connectivity index (χ1v) is 8.55. The van der Waals surface area contributed by atoms with Gasteiger partial charge in [-0.15, -0.1) is 0 Å². The largest absolute Gasteiger partial charge is 0.325 e. The second-order valence-electron chi connectivity index (χ2n) is 4.99. The Morgan fingerprint density at radius 2 is 2.20 bits per heavy atom. The van der Waals surface area contributed by atoms with Gasteiger partial charge in [0.05, 0.1) is 18.1 Å². The van der Waals surface area contributed by atoms with E-state index in [2.05, 4.69) is 10.6 Å². The van der Waals surface area contributed by atoms with E-state index in [4.69, 9.17) is 11.6 Å². The van der Waals surface area contributed by atoms with Crippen LogP contribution in [0, 0.1) is 6.92 Å². The van der Waals surface area contributed by atoms with Crippen LogP contribution < -0.4 is 10.6 Å². The van der Waals surface area contributed by atoms with Crippen LogP contribution in [0.5, 0.6) is 0 Å². The van der Waals surface area contributed by atoms with Crippen molar-refractivity contribution in [2.24, 2.45) is 0 Å². The van der Waals surface area contributed by atoms with Crippen LogP contribution in [0.15, 0.2) is 18.2 Å². The van der Waals surface area contributed by atoms with Gasteiger partial charge in [0.25, 0.3) is 0 Å². The van der Waals surface area contributed by atoms with Crippen LogP contribution in [-0.4, -0.2) is 38.4 Å². The molecule has 0 bridgehead atoms. The molecule has 0 aliphatic carbocycles. The van der Waals surface area contributed by atoms with Crippen molar-refractivity contribution in [2.75, 3.05) is 23.4 Å². The maximum Gasteiger partial charge on any atom is 0.238 e. The summed E-state index contributed by atoms with van der Waals surface area (Å²) < 4.78 is 22.6. The molecule has 0 radical (unpaired) electrons. The Bertz CT molecular complexity index is 616. The summed E-state index contributed by atoms with van der Waals surface area (Å²) in [6.45, 7) is 1.96. The van der Waals surface area contributed by atoms with Gasteiger partial charge < -0.3 is 10.6 Å². The van der Waals surface area contributed by atoms with E-state index in [0.29, 0.717) is 17.1 Å². The molecule has 1 aliphatic rings. The lowest BCUT2D eigenvalue weighted by Gasteiger charge is -2.12. The summed E-state index contributed by atoms with van der Waals surface area (Å²) >= 11 is 5.85. The quantitative estimate of drug-likeness (QED) is 0.879. The van der Waals surface area contributed by atoms with Crippen molar-refractivity contribution >= 4 is 33.0 Å². The Kier molecular flexibility index (Phi) is 4.67. The Hall–Kier alpha value is -1.11. The molecule has 1 heterocycles. The predicted molar refractivity (Wildman–Crippen MR) is 79.9 cm³/mol. The minimum Gasteiger partial charge on any atom is -0.325 e. The molecule has 7 heteroatoms. The van der Waals surface area contributed by atoms with Gasteiger partial charge in [0, 0.05) is 16.8 Å². The number of hydrogen-bond acceptors (Lipinski definition) is 4. The Balaban J connectivity index is 1.84. The first-order valence-electron chi connectivity index (χ1n) is 6.35. The van der Waals surface area contributed by atoms with Crippen molar-refractivity contribution in [3.8, 4) is 0 Å². The fraction of sp³-hybridized carbons (Fsp3) is 0.462. The van der Waals surface area contributed by atoms with E-state index in [1.165, 1.54) is 0 Å². The Morgan fingerprint density at radius 1 is 1.45 bits per heavy atom. The van der Waals surface area contributed by atoms with Crippen LogP contribution in [-0.2, 0) is 14.6 Å². The fourth-order valence-corrected chi connectivity index (χ4v) is 4.09. The summed E-state index contributed by atoms with van der Waals surface area (Å²) in [5.41, 5.74) is 1.59. The van der Waals surface area contributed by atoms with E-state index in [1.54, 1.807) is 18.2 Å². The van der Waals surface area contributed by atoms with Crippen molar-refractivity contribution in [3.63, 3.8) is 0 Å². The van der Waals surface area contributed by atoms with E-state index in [1.807, 2.05) is 6.92 Å². The van der Waals surface area contributed by atoms with E-state index in [-0.39, 0.29) is 30.0 Å². The van der Waals surface area contributed by atoms with Gasteiger partial charge in [-0.1, -0.05) is 11.6 Å². The average molecular weight is 317 g/mol. The van der Waals surface area contributed by atoms with Crippen molar-refractivity contribution in [1.29, 1.82) is 0 Å². The van der Waals surface area contributed by atoms with E-state index >= 15 is 0 Å². The first-order chi connectivity index (χ1) is 9.35. The van der Waals surface area contributed by atoms with Crippen LogP contribution in [0.4, 0.5) is 5.69 Å². The molecular weight excluding hydrogens is 300 g/mol. The number of hydrogen-bond donors (Lipinski definition) is 2. The molecule has 5 nitrogen and oxygen atoms in total. The molecule has 20 heavy (non-hydrogen) atoms. The summed E-state index contributed by atoms with van der Waals surface area (Å²) in [5, 5.41) is 6.36. The van der Waals surface area contributed by atoms with E-state index < -0.39 is 9.84 Å². The van der Waals surface area contributed by atoms with Gasteiger partial charge in [0.15, 0.2) is 9.84 Å². The summed E-state index contributed by atoms with van der Waals surface area (Å²) in [4.78, 5) is 11.8.